The van der Waals surface area contributed by atoms with E-state index in [0.717, 1.165) is 79.7 Å². The predicted octanol–water partition coefficient (Wildman–Crippen LogP) is 12.1. The molecule has 0 radical (unpaired) electrons. The van der Waals surface area contributed by atoms with Crippen LogP contribution in [0.2, 0.25) is 0 Å². The van der Waals surface area contributed by atoms with Crippen LogP contribution in [0.5, 0.6) is 0 Å². The molecule has 3 nitrogen and oxygen atoms in total. The first-order chi connectivity index (χ1) is 25.2. The monoisotopic (exact) mass is 651 g/mol. The molecule has 0 N–H and O–H groups in total. The average Bonchev–Trinajstić information content (AvgIpc) is 3.20. The summed E-state index contributed by atoms with van der Waals surface area (Å²) in [5, 5.41) is 2.20. The van der Waals surface area contributed by atoms with Crippen LogP contribution in [-0.2, 0) is 12.8 Å². The van der Waals surface area contributed by atoms with E-state index in [4.69, 9.17) is 4.98 Å². The Bertz CT molecular complexity index is 2700. The van der Waals surface area contributed by atoms with E-state index in [1.54, 1.807) is 0 Å². The highest BCUT2D eigenvalue weighted by Gasteiger charge is 2.25. The molecule has 10 rings (SSSR count). The maximum absolute atomic E-state index is 5.18. The predicted molar refractivity (Wildman–Crippen MR) is 213 cm³/mol. The van der Waals surface area contributed by atoms with Gasteiger partial charge in [0.25, 0.3) is 0 Å². The van der Waals surface area contributed by atoms with Crippen molar-refractivity contribution in [1.29, 1.82) is 0 Å². The molecule has 0 bridgehead atoms. The summed E-state index contributed by atoms with van der Waals surface area (Å²) in [5.41, 5.74) is 18.5. The van der Waals surface area contributed by atoms with E-state index >= 15 is 0 Å². The molecule has 0 unspecified atom stereocenters. The number of fused-ring (bicyclic) bond motifs is 7. The second-order valence-electron chi connectivity index (χ2n) is 13.4. The van der Waals surface area contributed by atoms with Crippen molar-refractivity contribution in [3.8, 4) is 33.5 Å². The number of allylic oxidation sites excluding steroid dienone is 2. The highest BCUT2D eigenvalue weighted by molar-refractivity contribution is 6.04. The van der Waals surface area contributed by atoms with E-state index in [-0.39, 0.29) is 0 Å². The van der Waals surface area contributed by atoms with Crippen molar-refractivity contribution in [2.24, 2.45) is 0 Å². The van der Waals surface area contributed by atoms with Crippen LogP contribution in [0.25, 0.3) is 66.6 Å². The lowest BCUT2D eigenvalue weighted by molar-refractivity contribution is 0.942. The molecule has 51 heavy (non-hydrogen) atoms. The summed E-state index contributed by atoms with van der Waals surface area (Å²) >= 11 is 0. The van der Waals surface area contributed by atoms with Gasteiger partial charge in [0.1, 0.15) is 0 Å². The number of hydrogen-bond donors (Lipinski definition) is 0. The SMILES string of the molecule is C=C1C=C(c2ccc(-c3cccc4c3-c3cc(-c5ccc6ccc7cccnc7c6n5)ccc3CC4)cc2)N(c2ccccc2)c2ccccc21. The summed E-state index contributed by atoms with van der Waals surface area (Å²) < 4.78 is 0. The smallest absolute Gasteiger partial charge is 0.0972 e. The molecule has 1 aliphatic carbocycles. The summed E-state index contributed by atoms with van der Waals surface area (Å²) in [6.45, 7) is 4.44. The van der Waals surface area contributed by atoms with Crippen molar-refractivity contribution in [1.82, 2.24) is 9.97 Å². The third-order valence-electron chi connectivity index (χ3n) is 10.5. The fourth-order valence-electron chi connectivity index (χ4n) is 7.97. The van der Waals surface area contributed by atoms with Crippen molar-refractivity contribution >= 4 is 44.5 Å². The van der Waals surface area contributed by atoms with Crippen molar-refractivity contribution in [3.05, 3.63) is 193 Å². The van der Waals surface area contributed by atoms with Crippen molar-refractivity contribution in [2.45, 2.75) is 12.8 Å². The van der Waals surface area contributed by atoms with Crippen LogP contribution in [0.3, 0.4) is 0 Å². The number of para-hydroxylation sites is 2. The third kappa shape index (κ3) is 4.89. The summed E-state index contributed by atoms with van der Waals surface area (Å²) in [4.78, 5) is 12.2. The molecular formula is C48H33N3. The van der Waals surface area contributed by atoms with Crippen LogP contribution < -0.4 is 4.90 Å². The Balaban J connectivity index is 1.05. The van der Waals surface area contributed by atoms with Gasteiger partial charge in [-0.3, -0.25) is 4.98 Å². The minimum Gasteiger partial charge on any atom is -0.309 e. The van der Waals surface area contributed by atoms with Crippen LogP contribution in [-0.4, -0.2) is 9.97 Å². The maximum atomic E-state index is 5.18. The molecule has 1 aliphatic heterocycles. The fourth-order valence-corrected chi connectivity index (χ4v) is 7.97. The Morgan fingerprint density at radius 1 is 0.529 bits per heavy atom. The van der Waals surface area contributed by atoms with Crippen LogP contribution in [0.15, 0.2) is 171 Å². The Morgan fingerprint density at radius 2 is 1.25 bits per heavy atom. The minimum atomic E-state index is 0.940. The highest BCUT2D eigenvalue weighted by atomic mass is 15.2. The van der Waals surface area contributed by atoms with Crippen LogP contribution in [0, 0.1) is 0 Å². The summed E-state index contributed by atoms with van der Waals surface area (Å²) in [6, 6.07) is 54.5. The second-order valence-corrected chi connectivity index (χ2v) is 13.4. The molecule has 0 spiro atoms. The zero-order valence-electron chi connectivity index (χ0n) is 28.1. The van der Waals surface area contributed by atoms with Gasteiger partial charge in [0.15, 0.2) is 0 Å². The van der Waals surface area contributed by atoms with Gasteiger partial charge in [0, 0.05) is 33.8 Å². The minimum absolute atomic E-state index is 0.940. The zero-order valence-corrected chi connectivity index (χ0v) is 28.1. The Hall–Kier alpha value is -6.58. The van der Waals surface area contributed by atoms with E-state index in [2.05, 4.69) is 168 Å². The van der Waals surface area contributed by atoms with Gasteiger partial charge in [-0.1, -0.05) is 122 Å². The number of nitrogens with zero attached hydrogens (tertiary/aromatic N) is 3. The van der Waals surface area contributed by atoms with E-state index in [0.29, 0.717) is 0 Å². The molecule has 2 aliphatic rings. The maximum Gasteiger partial charge on any atom is 0.0972 e. The number of aryl methyl sites for hydroxylation is 2. The molecule has 3 heterocycles. The molecule has 0 fully saturated rings. The number of pyridine rings is 2. The van der Waals surface area contributed by atoms with Gasteiger partial charge in [0.2, 0.25) is 0 Å². The summed E-state index contributed by atoms with van der Waals surface area (Å²) in [5.74, 6) is 0. The first-order valence-electron chi connectivity index (χ1n) is 17.6. The topological polar surface area (TPSA) is 29.0 Å². The van der Waals surface area contributed by atoms with Gasteiger partial charge in [-0.2, -0.15) is 0 Å². The van der Waals surface area contributed by atoms with Crippen molar-refractivity contribution in [2.75, 3.05) is 4.90 Å². The lowest BCUT2D eigenvalue weighted by atomic mass is 9.80. The first-order valence-corrected chi connectivity index (χ1v) is 17.6. The number of rotatable bonds is 4. The summed E-state index contributed by atoms with van der Waals surface area (Å²) in [7, 11) is 0. The van der Waals surface area contributed by atoms with Crippen LogP contribution in [0.1, 0.15) is 22.3 Å². The van der Waals surface area contributed by atoms with Crippen LogP contribution >= 0.6 is 0 Å². The largest absolute Gasteiger partial charge is 0.309 e. The molecule has 0 amide bonds. The van der Waals surface area contributed by atoms with Gasteiger partial charge in [0.05, 0.1) is 28.1 Å². The van der Waals surface area contributed by atoms with E-state index < -0.39 is 0 Å². The van der Waals surface area contributed by atoms with Gasteiger partial charge in [-0.05, 0) is 99.8 Å². The molecule has 240 valence electrons. The molecular weight excluding hydrogens is 619 g/mol. The lowest BCUT2D eigenvalue weighted by Crippen LogP contribution is -2.19. The number of hydrogen-bond acceptors (Lipinski definition) is 3. The Morgan fingerprint density at radius 3 is 2.14 bits per heavy atom. The Labute approximate surface area is 297 Å². The Kier molecular flexibility index (Phi) is 6.78. The molecule has 0 saturated heterocycles. The lowest BCUT2D eigenvalue weighted by Gasteiger charge is -2.34. The average molecular weight is 652 g/mol. The number of aromatic nitrogens is 2. The summed E-state index contributed by atoms with van der Waals surface area (Å²) in [6.07, 6.45) is 6.12. The van der Waals surface area contributed by atoms with E-state index in [1.807, 2.05) is 12.3 Å². The number of anilines is 2. The van der Waals surface area contributed by atoms with Gasteiger partial charge < -0.3 is 4.90 Å². The normalized spacial score (nSPS) is 13.5. The van der Waals surface area contributed by atoms with Crippen molar-refractivity contribution < 1.29 is 0 Å². The second kappa shape index (κ2) is 11.8. The first kappa shape index (κ1) is 29.3. The van der Waals surface area contributed by atoms with Crippen molar-refractivity contribution in [3.63, 3.8) is 0 Å². The number of benzene rings is 6. The molecule has 8 aromatic rings. The molecule has 6 aromatic carbocycles. The quantitative estimate of drug-likeness (QED) is 0.177. The molecule has 2 aromatic heterocycles. The zero-order chi connectivity index (χ0) is 33.9. The van der Waals surface area contributed by atoms with Gasteiger partial charge in [-0.25, -0.2) is 4.98 Å². The molecule has 0 atom stereocenters. The van der Waals surface area contributed by atoms with E-state index in [1.165, 1.54) is 33.4 Å². The van der Waals surface area contributed by atoms with Gasteiger partial charge in [-0.15, -0.1) is 0 Å². The van der Waals surface area contributed by atoms with Crippen LogP contribution in [0.4, 0.5) is 11.4 Å². The third-order valence-corrected chi connectivity index (χ3v) is 10.5. The highest BCUT2D eigenvalue weighted by Crippen LogP contribution is 2.45. The van der Waals surface area contributed by atoms with Gasteiger partial charge >= 0.3 is 0 Å². The van der Waals surface area contributed by atoms with E-state index in [9.17, 15) is 0 Å². The molecule has 0 saturated carbocycles. The molecule has 3 heteroatoms. The standard InChI is InChI=1S/C48H33N3/c1-31-29-45(51(39-11-3-2-4-12-39)44-15-6-5-13-40(31)44)34-20-16-32(17-21-34)41-14-7-9-35-22-18-33-19-25-38(30-42(33)46(35)41)43-27-26-37-24-23-36-10-8-28-49-47(36)48(37)50-43/h2-17,19-21,23-30H,1,18,22H2. The fraction of sp³-hybridized carbons (Fsp3) is 0.0417.